The van der Waals surface area contributed by atoms with Crippen LogP contribution in [0.5, 0.6) is 0 Å². The molecule has 6 nitrogen and oxygen atoms in total. The summed E-state index contributed by atoms with van der Waals surface area (Å²) in [7, 11) is 1.89. The van der Waals surface area contributed by atoms with Crippen molar-refractivity contribution < 1.29 is 9.59 Å². The van der Waals surface area contributed by atoms with Gasteiger partial charge in [-0.1, -0.05) is 23.9 Å². The maximum atomic E-state index is 11.6. The third kappa shape index (κ3) is 2.87. The molecule has 1 heterocycles. The number of fused-ring (bicyclic) bond motifs is 1. The number of para-hydroxylation sites is 2. The average Bonchev–Trinajstić information content (AvgIpc) is 2.66. The van der Waals surface area contributed by atoms with Gasteiger partial charge in [-0.2, -0.15) is 0 Å². The number of imide groups is 1. The van der Waals surface area contributed by atoms with E-state index in [0.717, 1.165) is 11.0 Å². The molecule has 0 aliphatic rings. The van der Waals surface area contributed by atoms with Crippen molar-refractivity contribution in [1.82, 2.24) is 14.9 Å². The molecule has 0 unspecified atom stereocenters. The zero-order chi connectivity index (χ0) is 14.0. The van der Waals surface area contributed by atoms with Gasteiger partial charge in [0.05, 0.1) is 16.3 Å². The van der Waals surface area contributed by atoms with Crippen LogP contribution in [0.1, 0.15) is 6.92 Å². The molecule has 0 bridgehead atoms. The van der Waals surface area contributed by atoms with Gasteiger partial charge in [0.1, 0.15) is 0 Å². The van der Waals surface area contributed by atoms with E-state index in [9.17, 15) is 9.59 Å². The highest BCUT2D eigenvalue weighted by atomic mass is 32.2. The van der Waals surface area contributed by atoms with Crippen molar-refractivity contribution >= 4 is 34.7 Å². The van der Waals surface area contributed by atoms with Crippen LogP contribution in [0.15, 0.2) is 29.4 Å². The predicted molar refractivity (Wildman–Crippen MR) is 73.8 cm³/mol. The van der Waals surface area contributed by atoms with E-state index in [4.69, 9.17) is 5.73 Å². The van der Waals surface area contributed by atoms with Crippen LogP contribution in [-0.4, -0.2) is 26.7 Å². The van der Waals surface area contributed by atoms with Crippen molar-refractivity contribution in [3.63, 3.8) is 0 Å². The lowest BCUT2D eigenvalue weighted by molar-refractivity contribution is -0.119. The first-order valence-corrected chi connectivity index (χ1v) is 6.55. The van der Waals surface area contributed by atoms with Gasteiger partial charge < -0.3 is 10.3 Å². The lowest BCUT2D eigenvalue weighted by Gasteiger charge is -2.09. The molecule has 100 valence electrons. The van der Waals surface area contributed by atoms with E-state index in [0.29, 0.717) is 5.16 Å². The molecule has 7 heteroatoms. The number of amides is 3. The number of nitrogens with two attached hydrogens (primary N) is 1. The smallest absolute Gasteiger partial charge is 0.318 e. The SMILES string of the molecule is C[C@@H](Sc1nc2ccccc2n1C)C(=O)NC(N)=O. The van der Waals surface area contributed by atoms with Crippen LogP contribution in [0.3, 0.4) is 0 Å². The molecule has 2 aromatic rings. The average molecular weight is 278 g/mol. The highest BCUT2D eigenvalue weighted by molar-refractivity contribution is 8.00. The summed E-state index contributed by atoms with van der Waals surface area (Å²) in [5, 5.41) is 2.32. The van der Waals surface area contributed by atoms with Gasteiger partial charge in [-0.05, 0) is 19.1 Å². The van der Waals surface area contributed by atoms with Gasteiger partial charge in [-0.15, -0.1) is 0 Å². The molecule has 1 aromatic heterocycles. The van der Waals surface area contributed by atoms with E-state index < -0.39 is 17.2 Å². The summed E-state index contributed by atoms with van der Waals surface area (Å²) in [4.78, 5) is 26.7. The number of imidazole rings is 1. The number of nitrogens with zero attached hydrogens (tertiary/aromatic N) is 2. The normalized spacial score (nSPS) is 12.3. The Kier molecular flexibility index (Phi) is 3.75. The van der Waals surface area contributed by atoms with E-state index in [1.807, 2.05) is 35.9 Å². The van der Waals surface area contributed by atoms with Gasteiger partial charge in [0.2, 0.25) is 5.91 Å². The highest BCUT2D eigenvalue weighted by Crippen LogP contribution is 2.25. The van der Waals surface area contributed by atoms with Gasteiger partial charge in [0.25, 0.3) is 0 Å². The number of thioether (sulfide) groups is 1. The largest absolute Gasteiger partial charge is 0.351 e. The van der Waals surface area contributed by atoms with E-state index in [1.54, 1.807) is 6.92 Å². The number of aryl methyl sites for hydroxylation is 1. The predicted octanol–water partition coefficient (Wildman–Crippen LogP) is 1.25. The molecule has 0 saturated carbocycles. The van der Waals surface area contributed by atoms with Crippen LogP contribution in [0.25, 0.3) is 11.0 Å². The third-order valence-electron chi connectivity index (χ3n) is 2.64. The molecule has 0 aliphatic carbocycles. The number of carbonyl (C=O) groups is 2. The number of aromatic nitrogens is 2. The Bertz CT molecular complexity index is 638. The maximum Gasteiger partial charge on any atom is 0.318 e. The monoisotopic (exact) mass is 278 g/mol. The molecular weight excluding hydrogens is 264 g/mol. The number of nitrogens with one attached hydrogen (secondary N) is 1. The van der Waals surface area contributed by atoms with Crippen molar-refractivity contribution in [2.24, 2.45) is 12.8 Å². The zero-order valence-electron chi connectivity index (χ0n) is 10.6. The number of carbonyl (C=O) groups excluding carboxylic acids is 2. The lowest BCUT2D eigenvalue weighted by Crippen LogP contribution is -2.39. The molecule has 0 radical (unpaired) electrons. The molecule has 1 aromatic carbocycles. The number of rotatable bonds is 3. The minimum Gasteiger partial charge on any atom is -0.351 e. The second-order valence-electron chi connectivity index (χ2n) is 4.06. The summed E-state index contributed by atoms with van der Waals surface area (Å²) < 4.78 is 1.91. The minimum atomic E-state index is -0.845. The standard InChI is InChI=1S/C12H14N4O2S/c1-7(10(17)15-11(13)18)19-12-14-8-5-3-4-6-9(8)16(12)2/h3-7H,1-2H3,(H3,13,15,17,18)/t7-/m1/s1. The first-order valence-electron chi connectivity index (χ1n) is 5.67. The second kappa shape index (κ2) is 5.31. The van der Waals surface area contributed by atoms with Crippen LogP contribution in [0.2, 0.25) is 0 Å². The van der Waals surface area contributed by atoms with E-state index in [1.165, 1.54) is 11.8 Å². The van der Waals surface area contributed by atoms with Crippen molar-refractivity contribution in [2.75, 3.05) is 0 Å². The van der Waals surface area contributed by atoms with Crippen molar-refractivity contribution in [3.8, 4) is 0 Å². The number of hydrogen-bond acceptors (Lipinski definition) is 4. The molecule has 0 fully saturated rings. The van der Waals surface area contributed by atoms with Gasteiger partial charge in [-0.25, -0.2) is 9.78 Å². The van der Waals surface area contributed by atoms with Crippen molar-refractivity contribution in [1.29, 1.82) is 0 Å². The van der Waals surface area contributed by atoms with Crippen LogP contribution in [0.4, 0.5) is 4.79 Å². The summed E-state index contributed by atoms with van der Waals surface area (Å²) in [6.07, 6.45) is 0. The Morgan fingerprint density at radius 3 is 2.74 bits per heavy atom. The summed E-state index contributed by atoms with van der Waals surface area (Å²) in [6.45, 7) is 1.70. The van der Waals surface area contributed by atoms with Crippen molar-refractivity contribution in [3.05, 3.63) is 24.3 Å². The minimum absolute atomic E-state index is 0.426. The summed E-state index contributed by atoms with van der Waals surface area (Å²) >= 11 is 1.28. The van der Waals surface area contributed by atoms with Gasteiger partial charge in [-0.3, -0.25) is 10.1 Å². The van der Waals surface area contributed by atoms with Crippen LogP contribution in [-0.2, 0) is 11.8 Å². The van der Waals surface area contributed by atoms with Crippen molar-refractivity contribution in [2.45, 2.75) is 17.3 Å². The Morgan fingerprint density at radius 1 is 1.42 bits per heavy atom. The fourth-order valence-electron chi connectivity index (χ4n) is 1.66. The van der Waals surface area contributed by atoms with Gasteiger partial charge in [0, 0.05) is 7.05 Å². The quantitative estimate of drug-likeness (QED) is 0.827. The molecule has 19 heavy (non-hydrogen) atoms. The first kappa shape index (κ1) is 13.4. The summed E-state index contributed by atoms with van der Waals surface area (Å²) in [5.74, 6) is -0.426. The Labute approximate surface area is 114 Å². The van der Waals surface area contributed by atoms with Crippen LogP contribution in [0, 0.1) is 0 Å². The number of urea groups is 1. The molecule has 3 amide bonds. The maximum absolute atomic E-state index is 11.6. The molecule has 2 rings (SSSR count). The molecule has 3 N–H and O–H groups in total. The summed E-state index contributed by atoms with van der Waals surface area (Å²) in [6, 6.07) is 6.87. The van der Waals surface area contributed by atoms with E-state index >= 15 is 0 Å². The van der Waals surface area contributed by atoms with Crippen LogP contribution < -0.4 is 11.1 Å². The Balaban J connectivity index is 2.19. The molecule has 1 atom stereocenters. The fraction of sp³-hybridized carbons (Fsp3) is 0.250. The Hall–Kier alpha value is -2.02. The molecular formula is C12H14N4O2S. The second-order valence-corrected chi connectivity index (χ2v) is 5.36. The number of benzene rings is 1. The lowest BCUT2D eigenvalue weighted by atomic mass is 10.3. The first-order chi connectivity index (χ1) is 8.99. The molecule has 0 saturated heterocycles. The van der Waals surface area contributed by atoms with E-state index in [-0.39, 0.29) is 0 Å². The van der Waals surface area contributed by atoms with Gasteiger partial charge in [0.15, 0.2) is 5.16 Å². The Morgan fingerprint density at radius 2 is 2.11 bits per heavy atom. The fourth-order valence-corrected chi connectivity index (χ4v) is 2.55. The number of hydrogen-bond donors (Lipinski definition) is 2. The number of primary amides is 1. The topological polar surface area (TPSA) is 90.0 Å². The van der Waals surface area contributed by atoms with Gasteiger partial charge >= 0.3 is 6.03 Å². The van der Waals surface area contributed by atoms with Crippen LogP contribution >= 0.6 is 11.8 Å². The zero-order valence-corrected chi connectivity index (χ0v) is 11.4. The van der Waals surface area contributed by atoms with E-state index in [2.05, 4.69) is 10.3 Å². The molecule has 0 aliphatic heterocycles. The highest BCUT2D eigenvalue weighted by Gasteiger charge is 2.19. The molecule has 0 spiro atoms. The third-order valence-corrected chi connectivity index (χ3v) is 3.79. The summed E-state index contributed by atoms with van der Waals surface area (Å²) in [5.41, 5.74) is 6.78.